The fourth-order valence-electron chi connectivity index (χ4n) is 3.05. The van der Waals surface area contributed by atoms with Crippen LogP contribution in [0, 0.1) is 11.3 Å². The fourth-order valence-corrected chi connectivity index (χ4v) is 3.63. The maximum absolute atomic E-state index is 12.5. The Kier molecular flexibility index (Phi) is 8.43. The van der Waals surface area contributed by atoms with Gasteiger partial charge in [-0.15, -0.1) is 0 Å². The van der Waals surface area contributed by atoms with E-state index in [0.29, 0.717) is 28.1 Å². The Morgan fingerprint density at radius 2 is 1.79 bits per heavy atom. The highest BCUT2D eigenvalue weighted by atomic mass is 79.9. The molecule has 172 valence electrons. The molecule has 3 rings (SSSR count). The minimum atomic E-state index is -0.994. The van der Waals surface area contributed by atoms with Gasteiger partial charge in [-0.3, -0.25) is 4.79 Å². The molecule has 0 fully saturated rings. The Hall–Kier alpha value is -4.09. The normalized spacial score (nSPS) is 10.8. The predicted octanol–water partition coefficient (Wildman–Crippen LogP) is 4.96. The summed E-state index contributed by atoms with van der Waals surface area (Å²) in [4.78, 5) is 23.5. The lowest BCUT2D eigenvalue weighted by Crippen LogP contribution is -2.23. The molecule has 0 aliphatic carbocycles. The van der Waals surface area contributed by atoms with Gasteiger partial charge < -0.3 is 19.9 Å². The maximum Gasteiger partial charge on any atom is 0.335 e. The monoisotopic (exact) mass is 520 g/mol. The van der Waals surface area contributed by atoms with Gasteiger partial charge in [0.25, 0.3) is 5.91 Å². The van der Waals surface area contributed by atoms with Gasteiger partial charge in [0.05, 0.1) is 17.1 Å². The lowest BCUT2D eigenvalue weighted by molar-refractivity contribution is -0.117. The molecule has 0 radical (unpaired) electrons. The van der Waals surface area contributed by atoms with E-state index in [9.17, 15) is 14.9 Å². The van der Waals surface area contributed by atoms with Crippen molar-refractivity contribution in [3.63, 3.8) is 0 Å². The number of carboxylic acids is 1. The molecule has 0 bridgehead atoms. The van der Waals surface area contributed by atoms with Crippen molar-refractivity contribution in [1.82, 2.24) is 5.32 Å². The molecule has 1 amide bonds. The third kappa shape index (κ3) is 6.47. The summed E-state index contributed by atoms with van der Waals surface area (Å²) in [7, 11) is 1.49. The van der Waals surface area contributed by atoms with Crippen molar-refractivity contribution in [3.05, 3.63) is 99.0 Å². The number of carbonyl (C=O) groups is 2. The number of carboxylic acid groups (broad SMARTS) is 1. The standard InChI is InChI=1S/C26H21BrN2O5/c1-33-23-13-19(11-21(14-28)25(30)29-15-17-5-3-2-4-6-17)12-22(27)24(23)34-16-18-7-9-20(10-8-18)26(31)32/h2-13H,15-16H2,1H3,(H,29,30)(H,31,32)/b21-11-. The molecule has 2 N–H and O–H groups in total. The van der Waals surface area contributed by atoms with Gasteiger partial charge in [-0.05, 0) is 63.0 Å². The molecule has 0 unspecified atom stereocenters. The van der Waals surface area contributed by atoms with Gasteiger partial charge in [0.15, 0.2) is 11.5 Å². The van der Waals surface area contributed by atoms with E-state index in [4.69, 9.17) is 14.6 Å². The van der Waals surface area contributed by atoms with Crippen LogP contribution in [0.2, 0.25) is 0 Å². The number of nitrogens with zero attached hydrogens (tertiary/aromatic N) is 1. The van der Waals surface area contributed by atoms with Crippen LogP contribution in [-0.4, -0.2) is 24.1 Å². The van der Waals surface area contributed by atoms with Crippen LogP contribution >= 0.6 is 15.9 Å². The summed E-state index contributed by atoms with van der Waals surface area (Å²) in [6.07, 6.45) is 1.47. The van der Waals surface area contributed by atoms with Gasteiger partial charge in [-0.1, -0.05) is 42.5 Å². The van der Waals surface area contributed by atoms with Crippen molar-refractivity contribution in [2.75, 3.05) is 7.11 Å². The van der Waals surface area contributed by atoms with Crippen LogP contribution in [0.4, 0.5) is 0 Å². The second-order valence-electron chi connectivity index (χ2n) is 7.16. The minimum absolute atomic E-state index is 0.0444. The molecular formula is C26H21BrN2O5. The van der Waals surface area contributed by atoms with Gasteiger partial charge in [-0.25, -0.2) is 4.79 Å². The molecule has 0 saturated heterocycles. The highest BCUT2D eigenvalue weighted by molar-refractivity contribution is 9.10. The number of ether oxygens (including phenoxy) is 2. The predicted molar refractivity (Wildman–Crippen MR) is 130 cm³/mol. The second-order valence-corrected chi connectivity index (χ2v) is 8.02. The van der Waals surface area contributed by atoms with E-state index in [0.717, 1.165) is 11.1 Å². The summed E-state index contributed by atoms with van der Waals surface area (Å²) in [5.74, 6) is -0.628. The molecule has 0 heterocycles. The molecule has 3 aromatic carbocycles. The number of rotatable bonds is 9. The number of carbonyl (C=O) groups excluding carboxylic acids is 1. The molecule has 0 aliphatic heterocycles. The van der Waals surface area contributed by atoms with Gasteiger partial charge >= 0.3 is 5.97 Å². The number of nitriles is 1. The number of nitrogens with one attached hydrogen (secondary N) is 1. The fraction of sp³-hybridized carbons (Fsp3) is 0.115. The number of hydrogen-bond donors (Lipinski definition) is 2. The lowest BCUT2D eigenvalue weighted by Gasteiger charge is -2.14. The van der Waals surface area contributed by atoms with Crippen LogP contribution in [0.1, 0.15) is 27.0 Å². The Labute approximate surface area is 205 Å². The molecule has 0 spiro atoms. The van der Waals surface area contributed by atoms with E-state index in [1.54, 1.807) is 24.3 Å². The highest BCUT2D eigenvalue weighted by Crippen LogP contribution is 2.37. The Balaban J connectivity index is 1.74. The van der Waals surface area contributed by atoms with Crippen molar-refractivity contribution >= 4 is 33.9 Å². The smallest absolute Gasteiger partial charge is 0.335 e. The van der Waals surface area contributed by atoms with Crippen LogP contribution in [0.15, 0.2) is 76.8 Å². The third-order valence-corrected chi connectivity index (χ3v) is 5.40. The zero-order valence-electron chi connectivity index (χ0n) is 18.2. The van der Waals surface area contributed by atoms with Crippen LogP contribution in [0.5, 0.6) is 11.5 Å². The molecule has 0 saturated carbocycles. The number of aromatic carboxylic acids is 1. The Bertz CT molecular complexity index is 1250. The van der Waals surface area contributed by atoms with Crippen LogP contribution in [-0.2, 0) is 17.9 Å². The number of benzene rings is 3. The first-order valence-electron chi connectivity index (χ1n) is 10.2. The van der Waals surface area contributed by atoms with E-state index in [1.165, 1.54) is 25.3 Å². The van der Waals surface area contributed by atoms with Crippen molar-refractivity contribution in [1.29, 1.82) is 5.26 Å². The quantitative estimate of drug-likeness (QED) is 0.305. The summed E-state index contributed by atoms with van der Waals surface area (Å²) in [6, 6.07) is 21.1. The summed E-state index contributed by atoms with van der Waals surface area (Å²) in [5, 5.41) is 21.2. The van der Waals surface area contributed by atoms with E-state index < -0.39 is 11.9 Å². The molecule has 8 heteroatoms. The molecule has 34 heavy (non-hydrogen) atoms. The third-order valence-electron chi connectivity index (χ3n) is 4.81. The average molecular weight is 521 g/mol. The molecule has 3 aromatic rings. The van der Waals surface area contributed by atoms with Gasteiger partial charge in [-0.2, -0.15) is 5.26 Å². The van der Waals surface area contributed by atoms with Crippen molar-refractivity contribution < 1.29 is 24.2 Å². The van der Waals surface area contributed by atoms with Gasteiger partial charge in [0.2, 0.25) is 0 Å². The molecule has 7 nitrogen and oxygen atoms in total. The molecule has 0 aromatic heterocycles. The number of hydrogen-bond acceptors (Lipinski definition) is 5. The van der Waals surface area contributed by atoms with Crippen molar-refractivity contribution in [2.45, 2.75) is 13.2 Å². The van der Waals surface area contributed by atoms with Crippen molar-refractivity contribution in [2.24, 2.45) is 0 Å². The molecule has 0 aliphatic rings. The number of methoxy groups -OCH3 is 1. The summed E-state index contributed by atoms with van der Waals surface area (Å²) >= 11 is 3.46. The van der Waals surface area contributed by atoms with Gasteiger partial charge in [0, 0.05) is 6.54 Å². The first kappa shape index (κ1) is 24.6. The molecular weight excluding hydrogens is 500 g/mol. The van der Waals surface area contributed by atoms with E-state index in [2.05, 4.69) is 21.2 Å². The first-order chi connectivity index (χ1) is 16.4. The van der Waals surface area contributed by atoms with Crippen LogP contribution in [0.25, 0.3) is 6.08 Å². The van der Waals surface area contributed by atoms with E-state index in [-0.39, 0.29) is 17.7 Å². The van der Waals surface area contributed by atoms with Gasteiger partial charge in [0.1, 0.15) is 18.2 Å². The summed E-state index contributed by atoms with van der Waals surface area (Å²) in [6.45, 7) is 0.501. The zero-order chi connectivity index (χ0) is 24.5. The Morgan fingerprint density at radius 1 is 1.09 bits per heavy atom. The topological polar surface area (TPSA) is 109 Å². The maximum atomic E-state index is 12.5. The van der Waals surface area contributed by atoms with Crippen LogP contribution < -0.4 is 14.8 Å². The Morgan fingerprint density at radius 3 is 2.41 bits per heavy atom. The van der Waals surface area contributed by atoms with E-state index >= 15 is 0 Å². The number of halogens is 1. The summed E-state index contributed by atoms with van der Waals surface area (Å²) < 4.78 is 11.9. The summed E-state index contributed by atoms with van der Waals surface area (Å²) in [5.41, 5.74) is 2.44. The van der Waals surface area contributed by atoms with E-state index in [1.807, 2.05) is 36.4 Å². The SMILES string of the molecule is COc1cc(/C=C(/C#N)C(=O)NCc2ccccc2)cc(Br)c1OCc1ccc(C(=O)O)cc1. The largest absolute Gasteiger partial charge is 0.493 e. The average Bonchev–Trinajstić information content (AvgIpc) is 2.85. The number of amides is 1. The second kappa shape index (κ2) is 11.7. The first-order valence-corrected chi connectivity index (χ1v) is 11.0. The highest BCUT2D eigenvalue weighted by Gasteiger charge is 2.14. The lowest BCUT2D eigenvalue weighted by atomic mass is 10.1. The minimum Gasteiger partial charge on any atom is -0.493 e. The zero-order valence-corrected chi connectivity index (χ0v) is 19.8. The van der Waals surface area contributed by atoms with Crippen LogP contribution in [0.3, 0.4) is 0 Å². The van der Waals surface area contributed by atoms with Crippen molar-refractivity contribution in [3.8, 4) is 17.6 Å². The molecule has 0 atom stereocenters.